The number of amidine groups is 1. The summed E-state index contributed by atoms with van der Waals surface area (Å²) in [5, 5.41) is 13.5. The summed E-state index contributed by atoms with van der Waals surface area (Å²) in [6.45, 7) is 4.38. The molecule has 0 saturated carbocycles. The van der Waals surface area contributed by atoms with E-state index >= 15 is 0 Å². The lowest BCUT2D eigenvalue weighted by Crippen LogP contribution is -2.41. The Morgan fingerprint density at radius 2 is 2.09 bits per heavy atom. The number of hydrogen-bond donors (Lipinski definition) is 3. The van der Waals surface area contributed by atoms with Crippen molar-refractivity contribution in [2.75, 3.05) is 33.4 Å². The van der Waals surface area contributed by atoms with Gasteiger partial charge in [0.2, 0.25) is 0 Å². The van der Waals surface area contributed by atoms with Gasteiger partial charge in [0.05, 0.1) is 18.9 Å². The first-order chi connectivity index (χ1) is 16.4. The second-order valence-electron chi connectivity index (χ2n) is 7.93. The third-order valence-corrected chi connectivity index (χ3v) is 6.34. The molecule has 3 heterocycles. The Morgan fingerprint density at radius 1 is 1.29 bits per heavy atom. The first kappa shape index (κ1) is 23.7. The Bertz CT molecular complexity index is 1110. The summed E-state index contributed by atoms with van der Waals surface area (Å²) in [6, 6.07) is 4.83. The number of thiazole rings is 1. The van der Waals surface area contributed by atoms with Crippen LogP contribution in [-0.4, -0.2) is 67.0 Å². The van der Waals surface area contributed by atoms with Gasteiger partial charge in [0, 0.05) is 38.2 Å². The monoisotopic (exact) mass is 485 g/mol. The maximum absolute atomic E-state index is 12.8. The standard InChI is InChI=1S/C23H27N5O5S/c1-14-20(22(30)28-7-3-8-28)34-23(26-14)33-18-11-15(21(29)27-19(24)4-6-25-2)10-17(12-18)32-16-5-9-31-13-16/h4,6,10-12,16,25H,3,5,7-9,13H2,1-2H3,(H2,24,27,29)/b6-4-. The third kappa shape index (κ3) is 5.72. The van der Waals surface area contributed by atoms with Gasteiger partial charge in [0.15, 0.2) is 0 Å². The van der Waals surface area contributed by atoms with Crippen LogP contribution in [0.25, 0.3) is 0 Å². The molecule has 2 saturated heterocycles. The number of rotatable bonds is 8. The highest BCUT2D eigenvalue weighted by Gasteiger charge is 2.26. The minimum atomic E-state index is -0.479. The molecule has 2 aliphatic rings. The molecule has 0 bridgehead atoms. The molecular formula is C23H27N5O5S. The number of carbonyl (C=O) groups is 2. The second-order valence-corrected chi connectivity index (χ2v) is 8.89. The molecule has 1 aromatic heterocycles. The minimum absolute atomic E-state index is 0.0392. The molecule has 10 nitrogen and oxygen atoms in total. The van der Waals surface area contributed by atoms with Gasteiger partial charge in [-0.1, -0.05) is 11.3 Å². The largest absolute Gasteiger partial charge is 0.488 e. The predicted octanol–water partition coefficient (Wildman–Crippen LogP) is 2.70. The number of nitrogens with one attached hydrogen (secondary N) is 3. The van der Waals surface area contributed by atoms with Crippen LogP contribution in [0.4, 0.5) is 0 Å². The summed E-state index contributed by atoms with van der Waals surface area (Å²) < 4.78 is 17.3. The van der Waals surface area contributed by atoms with Crippen molar-refractivity contribution in [1.82, 2.24) is 20.5 Å². The zero-order chi connectivity index (χ0) is 24.1. The Balaban J connectivity index is 1.56. The molecule has 0 spiro atoms. The quantitative estimate of drug-likeness (QED) is 0.388. The minimum Gasteiger partial charge on any atom is -0.488 e. The lowest BCUT2D eigenvalue weighted by atomic mass is 10.2. The Kier molecular flexibility index (Phi) is 7.43. The summed E-state index contributed by atoms with van der Waals surface area (Å²) in [6.07, 6.45) is 4.62. The molecule has 2 fully saturated rings. The van der Waals surface area contributed by atoms with E-state index in [0.717, 1.165) is 25.9 Å². The molecular weight excluding hydrogens is 458 g/mol. The molecule has 2 aliphatic heterocycles. The summed E-state index contributed by atoms with van der Waals surface area (Å²) in [5.41, 5.74) is 0.870. The zero-order valence-corrected chi connectivity index (χ0v) is 19.9. The number of likely N-dealkylation sites (tertiary alicyclic amines) is 1. The van der Waals surface area contributed by atoms with Crippen LogP contribution in [0.2, 0.25) is 0 Å². The zero-order valence-electron chi connectivity index (χ0n) is 19.1. The van der Waals surface area contributed by atoms with E-state index in [1.165, 1.54) is 17.4 Å². The number of nitrogens with zero attached hydrogens (tertiary/aromatic N) is 2. The summed E-state index contributed by atoms with van der Waals surface area (Å²) >= 11 is 1.18. The van der Waals surface area contributed by atoms with Crippen molar-refractivity contribution in [3.63, 3.8) is 0 Å². The van der Waals surface area contributed by atoms with Gasteiger partial charge in [-0.15, -0.1) is 0 Å². The summed E-state index contributed by atoms with van der Waals surface area (Å²) in [4.78, 5) is 32.1. The predicted molar refractivity (Wildman–Crippen MR) is 127 cm³/mol. The fourth-order valence-electron chi connectivity index (χ4n) is 3.41. The van der Waals surface area contributed by atoms with Gasteiger partial charge in [-0.3, -0.25) is 15.0 Å². The highest BCUT2D eigenvalue weighted by Crippen LogP contribution is 2.33. The van der Waals surface area contributed by atoms with Crippen LogP contribution < -0.4 is 20.1 Å². The number of ether oxygens (including phenoxy) is 3. The number of amides is 2. The van der Waals surface area contributed by atoms with Crippen molar-refractivity contribution in [2.45, 2.75) is 25.9 Å². The smallest absolute Gasteiger partial charge is 0.279 e. The maximum Gasteiger partial charge on any atom is 0.279 e. The van der Waals surface area contributed by atoms with Gasteiger partial charge in [-0.25, -0.2) is 4.98 Å². The highest BCUT2D eigenvalue weighted by atomic mass is 32.1. The van der Waals surface area contributed by atoms with E-state index in [2.05, 4.69) is 15.6 Å². The lowest BCUT2D eigenvalue weighted by molar-refractivity contribution is 0.0655. The fourth-order valence-corrected chi connectivity index (χ4v) is 4.31. The number of aromatic nitrogens is 1. The van der Waals surface area contributed by atoms with E-state index in [1.807, 2.05) is 0 Å². The molecule has 11 heteroatoms. The van der Waals surface area contributed by atoms with Gasteiger partial charge in [-0.05, 0) is 37.8 Å². The van der Waals surface area contributed by atoms with Crippen LogP contribution in [0.15, 0.2) is 30.5 Å². The molecule has 180 valence electrons. The first-order valence-electron chi connectivity index (χ1n) is 11.0. The number of carbonyl (C=O) groups excluding carboxylic acids is 2. The molecule has 34 heavy (non-hydrogen) atoms. The summed E-state index contributed by atoms with van der Waals surface area (Å²) in [7, 11) is 1.70. The van der Waals surface area contributed by atoms with E-state index in [4.69, 9.17) is 19.6 Å². The van der Waals surface area contributed by atoms with Crippen LogP contribution in [0.5, 0.6) is 16.7 Å². The normalized spacial score (nSPS) is 17.4. The molecule has 1 unspecified atom stereocenters. The molecule has 2 amide bonds. The van der Waals surface area contributed by atoms with Crippen molar-refractivity contribution in [2.24, 2.45) is 0 Å². The molecule has 1 aromatic carbocycles. The van der Waals surface area contributed by atoms with Gasteiger partial charge >= 0.3 is 0 Å². The Labute approximate surface area is 201 Å². The van der Waals surface area contributed by atoms with Crippen molar-refractivity contribution < 1.29 is 23.8 Å². The van der Waals surface area contributed by atoms with E-state index in [-0.39, 0.29) is 23.4 Å². The molecule has 0 aliphatic carbocycles. The first-order valence-corrected chi connectivity index (χ1v) is 11.8. The van der Waals surface area contributed by atoms with E-state index in [0.29, 0.717) is 40.5 Å². The molecule has 4 rings (SSSR count). The molecule has 1 atom stereocenters. The molecule has 2 aromatic rings. The van der Waals surface area contributed by atoms with Crippen molar-refractivity contribution in [1.29, 1.82) is 5.41 Å². The topological polar surface area (TPSA) is 126 Å². The third-order valence-electron chi connectivity index (χ3n) is 5.32. The van der Waals surface area contributed by atoms with E-state index < -0.39 is 5.91 Å². The van der Waals surface area contributed by atoms with Gasteiger partial charge in [0.25, 0.3) is 17.0 Å². The van der Waals surface area contributed by atoms with E-state index in [9.17, 15) is 9.59 Å². The SMILES string of the molecule is CN/C=C\C(=N)NC(=O)c1cc(Oc2nc(C)c(C(=O)N3CCC3)s2)cc(OC2CCOC2)c1. The highest BCUT2D eigenvalue weighted by molar-refractivity contribution is 7.15. The van der Waals surface area contributed by atoms with Crippen molar-refractivity contribution in [3.8, 4) is 16.7 Å². The maximum atomic E-state index is 12.8. The fraction of sp³-hybridized carbons (Fsp3) is 0.391. The Hall–Kier alpha value is -3.44. The summed E-state index contributed by atoms with van der Waals surface area (Å²) in [5.74, 6) is 0.202. The molecule has 0 radical (unpaired) electrons. The average Bonchev–Trinajstić information content (AvgIpc) is 3.40. The number of hydrogen-bond acceptors (Lipinski definition) is 9. The number of benzene rings is 1. The van der Waals surface area contributed by atoms with Crippen molar-refractivity contribution in [3.05, 3.63) is 46.6 Å². The van der Waals surface area contributed by atoms with Gasteiger partial charge in [-0.2, -0.15) is 0 Å². The Morgan fingerprint density at radius 3 is 2.76 bits per heavy atom. The molecule has 3 N–H and O–H groups in total. The number of aryl methyl sites for hydroxylation is 1. The lowest BCUT2D eigenvalue weighted by Gasteiger charge is -2.30. The van der Waals surface area contributed by atoms with Gasteiger partial charge < -0.3 is 29.7 Å². The van der Waals surface area contributed by atoms with Crippen LogP contribution in [0.3, 0.4) is 0 Å². The van der Waals surface area contributed by atoms with Crippen LogP contribution in [-0.2, 0) is 4.74 Å². The van der Waals surface area contributed by atoms with Crippen molar-refractivity contribution >= 4 is 29.0 Å². The van der Waals surface area contributed by atoms with Gasteiger partial charge in [0.1, 0.15) is 28.3 Å². The van der Waals surface area contributed by atoms with Crippen LogP contribution in [0.1, 0.15) is 38.6 Å². The van der Waals surface area contributed by atoms with Crippen LogP contribution in [0, 0.1) is 12.3 Å². The van der Waals surface area contributed by atoms with Crippen LogP contribution >= 0.6 is 11.3 Å². The van der Waals surface area contributed by atoms with E-state index in [1.54, 1.807) is 43.3 Å². The second kappa shape index (κ2) is 10.7. The average molecular weight is 486 g/mol.